The molecule has 5 nitrogen and oxygen atoms in total. The number of hydrogen-bond acceptors (Lipinski definition) is 5. The van der Waals surface area contributed by atoms with Crippen molar-refractivity contribution in [1.29, 1.82) is 0 Å². The van der Waals surface area contributed by atoms with Gasteiger partial charge in [-0.1, -0.05) is 75.6 Å². The Labute approximate surface area is 253 Å². The van der Waals surface area contributed by atoms with Crippen LogP contribution in [-0.4, -0.2) is 42.4 Å². The predicted octanol–water partition coefficient (Wildman–Crippen LogP) is 8.72. The van der Waals surface area contributed by atoms with Crippen molar-refractivity contribution in [1.82, 2.24) is 0 Å². The van der Waals surface area contributed by atoms with Gasteiger partial charge in [-0.25, -0.2) is 0 Å². The predicted molar refractivity (Wildman–Crippen MR) is 173 cm³/mol. The fourth-order valence-electron chi connectivity index (χ4n) is 5.28. The van der Waals surface area contributed by atoms with Crippen LogP contribution in [0.15, 0.2) is 59.7 Å². The molecule has 3 rings (SSSR count). The average molecular weight is 577 g/mol. The Kier molecular flexibility index (Phi) is 16.7. The van der Waals surface area contributed by atoms with E-state index >= 15 is 0 Å². The van der Waals surface area contributed by atoms with Crippen LogP contribution in [0.2, 0.25) is 0 Å². The van der Waals surface area contributed by atoms with Crippen LogP contribution in [0.25, 0.3) is 12.2 Å². The van der Waals surface area contributed by atoms with Crippen LogP contribution in [-0.2, 0) is 4.79 Å². The summed E-state index contributed by atoms with van der Waals surface area (Å²) in [7, 11) is 0. The van der Waals surface area contributed by atoms with Gasteiger partial charge in [0.05, 0.1) is 13.2 Å². The number of allylic oxidation sites excluding steroid dienone is 2. The summed E-state index contributed by atoms with van der Waals surface area (Å²) in [5.74, 6) is 1.89. The molecule has 0 radical (unpaired) electrons. The average Bonchev–Trinajstić information content (AvgIpc) is 3.18. The maximum atomic E-state index is 13.4. The Balaban J connectivity index is 1.46. The zero-order valence-electron chi connectivity index (χ0n) is 25.5. The van der Waals surface area contributed by atoms with E-state index in [1.54, 1.807) is 0 Å². The molecule has 0 unspecified atom stereocenters. The molecule has 5 heteroatoms. The van der Waals surface area contributed by atoms with Crippen LogP contribution < -0.4 is 9.47 Å². The zero-order valence-corrected chi connectivity index (χ0v) is 25.5. The molecule has 42 heavy (non-hydrogen) atoms. The minimum absolute atomic E-state index is 0.158. The second-order valence-electron chi connectivity index (χ2n) is 11.4. The van der Waals surface area contributed by atoms with Gasteiger partial charge >= 0.3 is 0 Å². The van der Waals surface area contributed by atoms with Crippen LogP contribution >= 0.6 is 0 Å². The molecule has 1 fully saturated rings. The molecular formula is C37H52O5. The van der Waals surface area contributed by atoms with E-state index in [9.17, 15) is 4.79 Å². The fraction of sp³-hybridized carbons (Fsp3) is 0.541. The Hall–Kier alpha value is -2.89. The highest BCUT2D eigenvalue weighted by atomic mass is 16.5. The molecule has 0 spiro atoms. The minimum atomic E-state index is 0.158. The van der Waals surface area contributed by atoms with Crippen molar-refractivity contribution in [3.8, 4) is 11.5 Å². The number of benzene rings is 2. The summed E-state index contributed by atoms with van der Waals surface area (Å²) >= 11 is 0. The van der Waals surface area contributed by atoms with Crippen molar-refractivity contribution >= 4 is 17.9 Å². The van der Waals surface area contributed by atoms with Gasteiger partial charge in [-0.05, 0) is 98.9 Å². The Morgan fingerprint density at radius 2 is 0.881 bits per heavy atom. The summed E-state index contributed by atoms with van der Waals surface area (Å²) in [6, 6.07) is 16.1. The summed E-state index contributed by atoms with van der Waals surface area (Å²) in [6.45, 7) is 2.02. The quantitative estimate of drug-likeness (QED) is 0.0936. The second kappa shape index (κ2) is 20.9. The number of aliphatic hydroxyl groups excluding tert-OH is 2. The lowest BCUT2D eigenvalue weighted by molar-refractivity contribution is -0.112. The van der Waals surface area contributed by atoms with Gasteiger partial charge in [0.2, 0.25) is 0 Å². The molecule has 1 aliphatic rings. The SMILES string of the molecule is O=C1/C(=C\c2ccc(OCCCCCCCCO)cc2)CCCC/C1=C/c1ccc(OCCCCCCCCO)cc1. The van der Waals surface area contributed by atoms with Crippen molar-refractivity contribution in [2.75, 3.05) is 26.4 Å². The number of carbonyl (C=O) groups excluding carboxylic acids is 1. The van der Waals surface area contributed by atoms with Gasteiger partial charge in [0, 0.05) is 24.4 Å². The number of aliphatic hydroxyl groups is 2. The van der Waals surface area contributed by atoms with Gasteiger partial charge < -0.3 is 19.7 Å². The molecule has 0 bridgehead atoms. The number of carbonyl (C=O) groups is 1. The van der Waals surface area contributed by atoms with Gasteiger partial charge in [0.1, 0.15) is 11.5 Å². The highest BCUT2D eigenvalue weighted by Crippen LogP contribution is 2.28. The van der Waals surface area contributed by atoms with Crippen molar-refractivity contribution < 1.29 is 24.5 Å². The lowest BCUT2D eigenvalue weighted by Gasteiger charge is -2.09. The van der Waals surface area contributed by atoms with E-state index in [-0.39, 0.29) is 5.78 Å². The summed E-state index contributed by atoms with van der Waals surface area (Å²) in [4.78, 5) is 13.4. The minimum Gasteiger partial charge on any atom is -0.494 e. The highest BCUT2D eigenvalue weighted by Gasteiger charge is 2.19. The number of ether oxygens (including phenoxy) is 2. The third kappa shape index (κ3) is 13.4. The van der Waals surface area contributed by atoms with Crippen molar-refractivity contribution in [3.63, 3.8) is 0 Å². The number of rotatable bonds is 20. The van der Waals surface area contributed by atoms with E-state index in [0.717, 1.165) is 111 Å². The lowest BCUT2D eigenvalue weighted by Crippen LogP contribution is -2.04. The first kappa shape index (κ1) is 33.6. The molecule has 1 aliphatic carbocycles. The van der Waals surface area contributed by atoms with Crippen molar-refractivity contribution in [3.05, 3.63) is 70.8 Å². The highest BCUT2D eigenvalue weighted by molar-refractivity contribution is 6.13. The van der Waals surface area contributed by atoms with Gasteiger partial charge in [0.25, 0.3) is 0 Å². The number of unbranched alkanes of at least 4 members (excludes halogenated alkanes) is 10. The monoisotopic (exact) mass is 576 g/mol. The third-order valence-electron chi connectivity index (χ3n) is 7.81. The molecule has 1 saturated carbocycles. The van der Waals surface area contributed by atoms with Gasteiger partial charge in [-0.3, -0.25) is 4.79 Å². The van der Waals surface area contributed by atoms with Gasteiger partial charge in [-0.2, -0.15) is 0 Å². The molecule has 2 aromatic rings. The van der Waals surface area contributed by atoms with Gasteiger partial charge in [0.15, 0.2) is 5.78 Å². The zero-order chi connectivity index (χ0) is 29.7. The molecular weight excluding hydrogens is 524 g/mol. The molecule has 0 heterocycles. The fourth-order valence-corrected chi connectivity index (χ4v) is 5.28. The topological polar surface area (TPSA) is 76.0 Å². The van der Waals surface area contributed by atoms with Crippen molar-refractivity contribution in [2.24, 2.45) is 0 Å². The van der Waals surface area contributed by atoms with Crippen LogP contribution in [0.3, 0.4) is 0 Å². The molecule has 0 atom stereocenters. The number of ketones is 1. The summed E-state index contributed by atoms with van der Waals surface area (Å²) in [6.07, 6.45) is 20.9. The molecule has 0 saturated heterocycles. The van der Waals surface area contributed by atoms with Gasteiger partial charge in [-0.15, -0.1) is 0 Å². The molecule has 2 N–H and O–H groups in total. The van der Waals surface area contributed by atoms with Crippen molar-refractivity contribution in [2.45, 2.75) is 103 Å². The van der Waals surface area contributed by atoms with E-state index in [0.29, 0.717) is 26.4 Å². The first-order valence-corrected chi connectivity index (χ1v) is 16.3. The van der Waals surface area contributed by atoms with Crippen LogP contribution in [0.4, 0.5) is 0 Å². The largest absolute Gasteiger partial charge is 0.494 e. The number of hydrogen-bond donors (Lipinski definition) is 2. The normalized spacial score (nSPS) is 15.7. The smallest absolute Gasteiger partial charge is 0.185 e. The van der Waals surface area contributed by atoms with E-state index < -0.39 is 0 Å². The van der Waals surface area contributed by atoms with Crippen LogP contribution in [0.5, 0.6) is 11.5 Å². The van der Waals surface area contributed by atoms with E-state index in [1.165, 1.54) is 25.7 Å². The second-order valence-corrected chi connectivity index (χ2v) is 11.4. The standard InChI is InChI=1S/C37H52O5/c38-25-11-5-1-3-7-13-27-41-35-21-17-31(18-22-35)29-33-15-9-10-16-34(37(33)40)30-32-19-23-36(24-20-32)42-28-14-8-4-2-6-12-26-39/h17-24,29-30,38-39H,1-16,25-28H2/b33-29-,34-30-. The maximum Gasteiger partial charge on any atom is 0.185 e. The van der Waals surface area contributed by atoms with E-state index in [4.69, 9.17) is 19.7 Å². The molecule has 230 valence electrons. The lowest BCUT2D eigenvalue weighted by atomic mass is 9.98. The Morgan fingerprint density at radius 3 is 1.26 bits per heavy atom. The summed E-state index contributed by atoms with van der Waals surface area (Å²) in [5, 5.41) is 17.7. The first-order valence-electron chi connectivity index (χ1n) is 16.3. The third-order valence-corrected chi connectivity index (χ3v) is 7.81. The summed E-state index contributed by atoms with van der Waals surface area (Å²) < 4.78 is 11.8. The molecule has 0 aromatic heterocycles. The van der Waals surface area contributed by atoms with Crippen LogP contribution in [0.1, 0.15) is 114 Å². The molecule has 0 amide bonds. The van der Waals surface area contributed by atoms with Crippen LogP contribution in [0, 0.1) is 0 Å². The Bertz CT molecular complexity index is 983. The maximum absolute atomic E-state index is 13.4. The summed E-state index contributed by atoms with van der Waals surface area (Å²) in [5.41, 5.74) is 3.82. The first-order chi connectivity index (χ1) is 20.7. The van der Waals surface area contributed by atoms with E-state index in [1.807, 2.05) is 60.7 Å². The molecule has 2 aromatic carbocycles. The Morgan fingerprint density at radius 1 is 0.524 bits per heavy atom. The van der Waals surface area contributed by atoms with E-state index in [2.05, 4.69) is 0 Å². The molecule has 0 aliphatic heterocycles. The number of Topliss-reactive ketones (excluding diaryl/α,β-unsaturated/α-hetero) is 1.